The molecule has 0 saturated carbocycles. The largest absolute Gasteiger partial charge is 0.573 e. The molecule has 0 saturated heterocycles. The molecule has 0 spiro atoms. The number of alkyl halides is 3. The number of benzene rings is 1. The van der Waals surface area contributed by atoms with Gasteiger partial charge in [0.1, 0.15) is 16.7 Å². The molecular formula is C13H7ClF3N3O. The highest BCUT2D eigenvalue weighted by atomic mass is 35.5. The Morgan fingerprint density at radius 1 is 1.24 bits per heavy atom. The summed E-state index contributed by atoms with van der Waals surface area (Å²) in [5.74, 6) is -0.127. The molecule has 108 valence electrons. The third-order valence-corrected chi connectivity index (χ3v) is 2.46. The van der Waals surface area contributed by atoms with Crippen LogP contribution >= 0.6 is 11.6 Å². The maximum absolute atomic E-state index is 12.1. The Morgan fingerprint density at radius 2 is 2.00 bits per heavy atom. The Hall–Kier alpha value is -2.46. The van der Waals surface area contributed by atoms with Crippen LogP contribution in [-0.4, -0.2) is 11.3 Å². The second-order valence-corrected chi connectivity index (χ2v) is 4.26. The molecule has 21 heavy (non-hydrogen) atoms. The van der Waals surface area contributed by atoms with Crippen molar-refractivity contribution in [3.05, 3.63) is 47.1 Å². The minimum absolute atomic E-state index is 0.0965. The number of ether oxygens (including phenoxy) is 1. The van der Waals surface area contributed by atoms with Gasteiger partial charge in [-0.05, 0) is 24.3 Å². The number of nitrogens with zero attached hydrogens (tertiary/aromatic N) is 2. The maximum Gasteiger partial charge on any atom is 0.573 e. The molecule has 2 rings (SSSR count). The minimum Gasteiger partial charge on any atom is -0.406 e. The van der Waals surface area contributed by atoms with E-state index in [0.29, 0.717) is 5.69 Å². The fourth-order valence-electron chi connectivity index (χ4n) is 1.54. The van der Waals surface area contributed by atoms with Crippen molar-refractivity contribution in [1.82, 2.24) is 4.98 Å². The molecule has 0 fully saturated rings. The molecule has 0 radical (unpaired) electrons. The summed E-state index contributed by atoms with van der Waals surface area (Å²) in [7, 11) is 0. The lowest BCUT2D eigenvalue weighted by Gasteiger charge is -2.11. The quantitative estimate of drug-likeness (QED) is 0.861. The Balaban J connectivity index is 2.22. The van der Waals surface area contributed by atoms with Gasteiger partial charge >= 0.3 is 6.36 Å². The van der Waals surface area contributed by atoms with E-state index in [1.165, 1.54) is 30.3 Å². The normalized spacial score (nSPS) is 10.8. The molecule has 1 aromatic heterocycles. The third-order valence-electron chi connectivity index (χ3n) is 2.26. The first-order valence-corrected chi connectivity index (χ1v) is 5.94. The van der Waals surface area contributed by atoms with Crippen LogP contribution in [0.3, 0.4) is 0 Å². The summed E-state index contributed by atoms with van der Waals surface area (Å²) in [5.41, 5.74) is 0.593. The predicted molar refractivity (Wildman–Crippen MR) is 70.4 cm³/mol. The lowest BCUT2D eigenvalue weighted by molar-refractivity contribution is -0.274. The van der Waals surface area contributed by atoms with Crippen molar-refractivity contribution in [1.29, 1.82) is 5.26 Å². The molecule has 1 heterocycles. The molecule has 8 heteroatoms. The number of hydrogen-bond donors (Lipinski definition) is 1. The number of nitrogens with one attached hydrogen (secondary N) is 1. The zero-order valence-corrected chi connectivity index (χ0v) is 11.0. The van der Waals surface area contributed by atoms with Crippen LogP contribution in [-0.2, 0) is 0 Å². The molecule has 0 atom stereocenters. The predicted octanol–water partition coefficient (Wildman–Crippen LogP) is 4.25. The fraction of sp³-hybridized carbons (Fsp3) is 0.0769. The van der Waals surface area contributed by atoms with Crippen LogP contribution in [0.2, 0.25) is 5.15 Å². The van der Waals surface area contributed by atoms with Gasteiger partial charge in [0.2, 0.25) is 0 Å². The van der Waals surface area contributed by atoms with E-state index in [9.17, 15) is 13.2 Å². The van der Waals surface area contributed by atoms with E-state index in [-0.39, 0.29) is 22.3 Å². The zero-order chi connectivity index (χ0) is 15.5. The molecule has 0 aliphatic heterocycles. The monoisotopic (exact) mass is 313 g/mol. The molecule has 0 aliphatic rings. The Morgan fingerprint density at radius 3 is 2.67 bits per heavy atom. The number of pyridine rings is 1. The first kappa shape index (κ1) is 14.9. The van der Waals surface area contributed by atoms with Gasteiger partial charge in [0.15, 0.2) is 0 Å². The molecule has 2 aromatic rings. The van der Waals surface area contributed by atoms with Crippen molar-refractivity contribution in [2.75, 3.05) is 5.32 Å². The second-order valence-electron chi connectivity index (χ2n) is 3.88. The van der Waals surface area contributed by atoms with Gasteiger partial charge in [0.25, 0.3) is 0 Å². The lowest BCUT2D eigenvalue weighted by atomic mass is 10.2. The van der Waals surface area contributed by atoms with Gasteiger partial charge in [-0.25, -0.2) is 4.98 Å². The van der Waals surface area contributed by atoms with Crippen LogP contribution in [0.4, 0.5) is 24.7 Å². The highest BCUT2D eigenvalue weighted by molar-refractivity contribution is 6.29. The SMILES string of the molecule is N#Cc1cc(Cl)nc(Nc2cccc(OC(F)(F)F)c2)c1. The van der Waals surface area contributed by atoms with Gasteiger partial charge in [-0.15, -0.1) is 13.2 Å². The third kappa shape index (κ3) is 4.54. The molecule has 4 nitrogen and oxygen atoms in total. The Bertz CT molecular complexity index is 698. The summed E-state index contributed by atoms with van der Waals surface area (Å²) < 4.78 is 40.2. The molecule has 1 N–H and O–H groups in total. The highest BCUT2D eigenvalue weighted by Gasteiger charge is 2.31. The summed E-state index contributed by atoms with van der Waals surface area (Å²) in [5, 5.41) is 11.7. The van der Waals surface area contributed by atoms with Crippen LogP contribution < -0.4 is 10.1 Å². The van der Waals surface area contributed by atoms with E-state index < -0.39 is 6.36 Å². The van der Waals surface area contributed by atoms with Crippen LogP contribution in [0.25, 0.3) is 0 Å². The summed E-state index contributed by atoms with van der Waals surface area (Å²) >= 11 is 5.74. The summed E-state index contributed by atoms with van der Waals surface area (Å²) in [6.45, 7) is 0. The summed E-state index contributed by atoms with van der Waals surface area (Å²) in [6, 6.07) is 9.93. The summed E-state index contributed by atoms with van der Waals surface area (Å²) in [6.07, 6.45) is -4.76. The van der Waals surface area contributed by atoms with Crippen LogP contribution in [0.15, 0.2) is 36.4 Å². The van der Waals surface area contributed by atoms with E-state index in [1.807, 2.05) is 6.07 Å². The highest BCUT2D eigenvalue weighted by Crippen LogP contribution is 2.26. The molecular weight excluding hydrogens is 307 g/mol. The number of halogens is 4. The standard InChI is InChI=1S/C13H7ClF3N3O/c14-11-4-8(7-18)5-12(20-11)19-9-2-1-3-10(6-9)21-13(15,16)17/h1-6H,(H,19,20). The average Bonchev–Trinajstić information content (AvgIpc) is 2.36. The van der Waals surface area contributed by atoms with Crippen LogP contribution in [0.5, 0.6) is 5.75 Å². The van der Waals surface area contributed by atoms with E-state index in [2.05, 4.69) is 15.0 Å². The number of aromatic nitrogens is 1. The maximum atomic E-state index is 12.1. The smallest absolute Gasteiger partial charge is 0.406 e. The van der Waals surface area contributed by atoms with E-state index >= 15 is 0 Å². The van der Waals surface area contributed by atoms with Crippen LogP contribution in [0, 0.1) is 11.3 Å². The molecule has 0 aliphatic carbocycles. The number of rotatable bonds is 3. The van der Waals surface area contributed by atoms with Gasteiger partial charge in [-0.2, -0.15) is 5.26 Å². The Labute approximate surface area is 122 Å². The van der Waals surface area contributed by atoms with Crippen molar-refractivity contribution in [2.24, 2.45) is 0 Å². The van der Waals surface area contributed by atoms with Gasteiger partial charge in [-0.1, -0.05) is 17.7 Å². The van der Waals surface area contributed by atoms with Gasteiger partial charge < -0.3 is 10.1 Å². The molecule has 0 amide bonds. The molecule has 0 bridgehead atoms. The first-order valence-electron chi connectivity index (χ1n) is 5.56. The van der Waals surface area contributed by atoms with Crippen molar-refractivity contribution in [2.45, 2.75) is 6.36 Å². The topological polar surface area (TPSA) is 57.9 Å². The minimum atomic E-state index is -4.76. The number of hydrogen-bond acceptors (Lipinski definition) is 4. The van der Waals surface area contributed by atoms with Gasteiger partial charge in [0.05, 0.1) is 11.6 Å². The van der Waals surface area contributed by atoms with Crippen molar-refractivity contribution >= 4 is 23.1 Å². The second kappa shape index (κ2) is 5.89. The van der Waals surface area contributed by atoms with E-state index in [1.54, 1.807) is 0 Å². The summed E-state index contributed by atoms with van der Waals surface area (Å²) in [4.78, 5) is 3.92. The van der Waals surface area contributed by atoms with Gasteiger partial charge in [0, 0.05) is 11.8 Å². The van der Waals surface area contributed by atoms with E-state index in [0.717, 1.165) is 6.07 Å². The van der Waals surface area contributed by atoms with Crippen LogP contribution in [0.1, 0.15) is 5.56 Å². The van der Waals surface area contributed by atoms with E-state index in [4.69, 9.17) is 16.9 Å². The average molecular weight is 314 g/mol. The number of anilines is 2. The zero-order valence-electron chi connectivity index (χ0n) is 10.3. The van der Waals surface area contributed by atoms with Crippen molar-refractivity contribution in [3.8, 4) is 11.8 Å². The van der Waals surface area contributed by atoms with Crippen molar-refractivity contribution in [3.63, 3.8) is 0 Å². The lowest BCUT2D eigenvalue weighted by Crippen LogP contribution is -2.17. The first-order chi connectivity index (χ1) is 9.85. The molecule has 0 unspecified atom stereocenters. The Kier molecular flexibility index (Phi) is 4.19. The number of nitriles is 1. The fourth-order valence-corrected chi connectivity index (χ4v) is 1.75. The van der Waals surface area contributed by atoms with Crippen molar-refractivity contribution < 1.29 is 17.9 Å². The molecule has 1 aromatic carbocycles. The van der Waals surface area contributed by atoms with Gasteiger partial charge in [-0.3, -0.25) is 0 Å².